The van der Waals surface area contributed by atoms with Crippen molar-refractivity contribution in [2.24, 2.45) is 0 Å². The van der Waals surface area contributed by atoms with E-state index in [2.05, 4.69) is 26.4 Å². The number of hydrogen-bond donors (Lipinski definition) is 0. The predicted molar refractivity (Wildman–Crippen MR) is 93.4 cm³/mol. The quantitative estimate of drug-likeness (QED) is 0.751. The number of tetrazole rings is 1. The summed E-state index contributed by atoms with van der Waals surface area (Å²) in [6, 6.07) is 6.98. The third-order valence-corrected chi connectivity index (χ3v) is 5.12. The van der Waals surface area contributed by atoms with Crippen LogP contribution in [0.2, 0.25) is 0 Å². The molecule has 1 saturated carbocycles. The van der Waals surface area contributed by atoms with Crippen LogP contribution in [0.5, 0.6) is 0 Å². The van der Waals surface area contributed by atoms with Gasteiger partial charge in [-0.2, -0.15) is 4.68 Å². The summed E-state index contributed by atoms with van der Waals surface area (Å²) in [6.07, 6.45) is 5.40. The first-order chi connectivity index (χ1) is 11.6. The number of para-hydroxylation sites is 1. The normalized spacial score (nSPS) is 15.4. The van der Waals surface area contributed by atoms with Gasteiger partial charge in [0, 0.05) is 17.1 Å². The molecule has 1 heterocycles. The molecule has 8 heteroatoms. The summed E-state index contributed by atoms with van der Waals surface area (Å²) in [7, 11) is 0. The van der Waals surface area contributed by atoms with Crippen LogP contribution in [-0.4, -0.2) is 43.3 Å². The molecule has 0 unspecified atom stereocenters. The zero-order valence-corrected chi connectivity index (χ0v) is 15.1. The molecule has 7 nitrogen and oxygen atoms in total. The lowest BCUT2D eigenvalue weighted by Crippen LogP contribution is -2.46. The van der Waals surface area contributed by atoms with E-state index < -0.39 is 11.7 Å². The average molecular weight is 394 g/mol. The number of carbonyl (C=O) groups is 1. The van der Waals surface area contributed by atoms with Gasteiger partial charge < -0.3 is 4.90 Å². The SMILES string of the molecule is CCN(C(=O)n1nnn(-c2ccccc2Br)c1=O)C1CCCCC1. The van der Waals surface area contributed by atoms with Gasteiger partial charge in [0.2, 0.25) is 0 Å². The Labute approximate surface area is 148 Å². The Morgan fingerprint density at radius 1 is 1.25 bits per heavy atom. The van der Waals surface area contributed by atoms with Crippen molar-refractivity contribution in [2.45, 2.75) is 45.1 Å². The van der Waals surface area contributed by atoms with Crippen molar-refractivity contribution in [3.05, 3.63) is 39.2 Å². The molecule has 3 rings (SSSR count). The Morgan fingerprint density at radius 3 is 2.62 bits per heavy atom. The number of rotatable bonds is 3. The first-order valence-electron chi connectivity index (χ1n) is 8.24. The number of amides is 1. The highest BCUT2D eigenvalue weighted by molar-refractivity contribution is 9.10. The molecule has 0 spiro atoms. The molecule has 1 aromatic heterocycles. The topological polar surface area (TPSA) is 73.0 Å². The van der Waals surface area contributed by atoms with Crippen LogP contribution in [0.15, 0.2) is 33.5 Å². The summed E-state index contributed by atoms with van der Waals surface area (Å²) in [5.41, 5.74) is 0.00317. The molecule has 0 aliphatic heterocycles. The molecule has 1 fully saturated rings. The lowest BCUT2D eigenvalue weighted by Gasteiger charge is -2.32. The summed E-state index contributed by atoms with van der Waals surface area (Å²) in [6.45, 7) is 2.48. The fourth-order valence-corrected chi connectivity index (χ4v) is 3.66. The van der Waals surface area contributed by atoms with Gasteiger partial charge in [0.25, 0.3) is 0 Å². The molecule has 2 aromatic rings. The van der Waals surface area contributed by atoms with Gasteiger partial charge in [0.05, 0.1) is 5.69 Å². The smallest absolute Gasteiger partial charge is 0.320 e. The molecule has 0 atom stereocenters. The van der Waals surface area contributed by atoms with Gasteiger partial charge in [0.1, 0.15) is 0 Å². The summed E-state index contributed by atoms with van der Waals surface area (Å²) < 4.78 is 2.71. The predicted octanol–water partition coefficient (Wildman–Crippen LogP) is 2.81. The maximum atomic E-state index is 12.8. The average Bonchev–Trinajstić information content (AvgIpc) is 2.98. The van der Waals surface area contributed by atoms with Crippen molar-refractivity contribution < 1.29 is 4.79 Å². The highest BCUT2D eigenvalue weighted by atomic mass is 79.9. The number of hydrogen-bond acceptors (Lipinski definition) is 4. The molecule has 0 N–H and O–H groups in total. The van der Waals surface area contributed by atoms with E-state index in [4.69, 9.17) is 0 Å². The molecular formula is C16H20BrN5O2. The molecule has 0 saturated heterocycles. The number of nitrogens with zero attached hydrogens (tertiary/aromatic N) is 5. The van der Waals surface area contributed by atoms with Crippen molar-refractivity contribution in [2.75, 3.05) is 6.54 Å². The number of carbonyl (C=O) groups excluding carboxylic acids is 1. The second-order valence-corrected chi connectivity index (χ2v) is 6.75. The van der Waals surface area contributed by atoms with Crippen LogP contribution in [0, 0.1) is 0 Å². The molecule has 1 aliphatic carbocycles. The summed E-state index contributed by atoms with van der Waals surface area (Å²) in [4.78, 5) is 27.1. The molecule has 0 radical (unpaired) electrons. The van der Waals surface area contributed by atoms with Crippen LogP contribution >= 0.6 is 15.9 Å². The zero-order chi connectivity index (χ0) is 17.1. The van der Waals surface area contributed by atoms with Gasteiger partial charge in [-0.15, -0.1) is 4.68 Å². The zero-order valence-electron chi connectivity index (χ0n) is 13.6. The van der Waals surface area contributed by atoms with Crippen LogP contribution in [0.4, 0.5) is 4.79 Å². The van der Waals surface area contributed by atoms with E-state index in [1.807, 2.05) is 19.1 Å². The Bertz CT molecular complexity index is 779. The van der Waals surface area contributed by atoms with E-state index in [0.29, 0.717) is 16.7 Å². The van der Waals surface area contributed by atoms with Gasteiger partial charge in [-0.3, -0.25) is 0 Å². The van der Waals surface area contributed by atoms with E-state index >= 15 is 0 Å². The molecular weight excluding hydrogens is 374 g/mol. The molecule has 1 amide bonds. The fraction of sp³-hybridized carbons (Fsp3) is 0.500. The van der Waals surface area contributed by atoms with Crippen LogP contribution in [-0.2, 0) is 0 Å². The maximum Gasteiger partial charge on any atom is 0.377 e. The highest BCUT2D eigenvalue weighted by Crippen LogP contribution is 2.23. The van der Waals surface area contributed by atoms with Crippen LogP contribution in [0.25, 0.3) is 5.69 Å². The summed E-state index contributed by atoms with van der Waals surface area (Å²) in [5.74, 6) is 0. The summed E-state index contributed by atoms with van der Waals surface area (Å²) >= 11 is 3.39. The molecule has 24 heavy (non-hydrogen) atoms. The lowest BCUT2D eigenvalue weighted by atomic mass is 9.94. The highest BCUT2D eigenvalue weighted by Gasteiger charge is 2.28. The molecule has 1 aromatic carbocycles. The minimum Gasteiger partial charge on any atom is -0.320 e. The van der Waals surface area contributed by atoms with Crippen LogP contribution in [0.3, 0.4) is 0 Å². The Kier molecular flexibility index (Phi) is 5.13. The Morgan fingerprint density at radius 2 is 1.96 bits per heavy atom. The van der Waals surface area contributed by atoms with Gasteiger partial charge in [0.15, 0.2) is 0 Å². The van der Waals surface area contributed by atoms with Crippen molar-refractivity contribution >= 4 is 22.0 Å². The van der Waals surface area contributed by atoms with Crippen molar-refractivity contribution in [1.82, 2.24) is 24.7 Å². The standard InChI is InChI=1S/C16H20BrN5O2/c1-2-20(12-8-4-3-5-9-12)15(23)22-16(24)21(18-19-22)14-11-7-6-10-13(14)17/h6-7,10-12H,2-5,8-9H2,1H3. The largest absolute Gasteiger partial charge is 0.377 e. The van der Waals surface area contributed by atoms with Gasteiger partial charge in [-0.05, 0) is 58.3 Å². The molecule has 128 valence electrons. The van der Waals surface area contributed by atoms with Gasteiger partial charge in [-0.25, -0.2) is 9.59 Å². The number of halogens is 1. The van der Waals surface area contributed by atoms with Crippen LogP contribution in [0.1, 0.15) is 39.0 Å². The van der Waals surface area contributed by atoms with Crippen molar-refractivity contribution in [3.63, 3.8) is 0 Å². The third kappa shape index (κ3) is 3.15. The second-order valence-electron chi connectivity index (χ2n) is 5.90. The molecule has 0 bridgehead atoms. The second kappa shape index (κ2) is 7.29. The van der Waals surface area contributed by atoms with Crippen molar-refractivity contribution in [3.8, 4) is 5.69 Å². The minimum atomic E-state index is -0.554. The van der Waals surface area contributed by atoms with Gasteiger partial charge in [-0.1, -0.05) is 31.4 Å². The minimum absolute atomic E-state index is 0.178. The maximum absolute atomic E-state index is 12.8. The molecule has 1 aliphatic rings. The lowest BCUT2D eigenvalue weighted by molar-refractivity contribution is 0.157. The van der Waals surface area contributed by atoms with E-state index in [1.54, 1.807) is 17.0 Å². The number of aromatic nitrogens is 4. The Balaban J connectivity index is 1.91. The first kappa shape index (κ1) is 16.9. The van der Waals surface area contributed by atoms with E-state index in [-0.39, 0.29) is 6.04 Å². The van der Waals surface area contributed by atoms with E-state index in [1.165, 1.54) is 6.42 Å². The van der Waals surface area contributed by atoms with Gasteiger partial charge >= 0.3 is 11.7 Å². The van der Waals surface area contributed by atoms with E-state index in [0.717, 1.165) is 35.0 Å². The van der Waals surface area contributed by atoms with E-state index in [9.17, 15) is 9.59 Å². The van der Waals surface area contributed by atoms with Crippen LogP contribution < -0.4 is 5.69 Å². The fourth-order valence-electron chi connectivity index (χ4n) is 3.21. The van der Waals surface area contributed by atoms with Crippen molar-refractivity contribution in [1.29, 1.82) is 0 Å². The third-order valence-electron chi connectivity index (χ3n) is 4.44. The monoisotopic (exact) mass is 393 g/mol. The first-order valence-corrected chi connectivity index (χ1v) is 9.03. The summed E-state index contributed by atoms with van der Waals surface area (Å²) in [5, 5.41) is 7.67. The Hall–Kier alpha value is -1.96. The number of benzene rings is 1.